The lowest BCUT2D eigenvalue weighted by Crippen LogP contribution is -2.22. The highest BCUT2D eigenvalue weighted by Gasteiger charge is 2.06. The minimum Gasteiger partial charge on any atom is -0.376 e. The smallest absolute Gasteiger partial charge is 0.248 e. The molecule has 0 heterocycles. The number of hydrogen-bond donors (Lipinski definition) is 3. The summed E-state index contributed by atoms with van der Waals surface area (Å²) in [5, 5.41) is 5.36. The number of halogens is 2. The van der Waals surface area contributed by atoms with Gasteiger partial charge in [-0.3, -0.25) is 9.59 Å². The molecule has 4 N–H and O–H groups in total. The topological polar surface area (TPSA) is 84.2 Å². The molecule has 0 aliphatic rings. The van der Waals surface area contributed by atoms with E-state index < -0.39 is 11.7 Å². The molecule has 0 fully saturated rings. The van der Waals surface area contributed by atoms with Gasteiger partial charge in [0.15, 0.2) is 0 Å². The van der Waals surface area contributed by atoms with E-state index >= 15 is 0 Å². The van der Waals surface area contributed by atoms with Crippen LogP contribution in [-0.2, 0) is 4.79 Å². The quantitative estimate of drug-likeness (QED) is 0.791. The summed E-state index contributed by atoms with van der Waals surface area (Å²) < 4.78 is 13.0. The second kappa shape index (κ2) is 6.91. The fourth-order valence-corrected chi connectivity index (χ4v) is 1.92. The van der Waals surface area contributed by atoms with Gasteiger partial charge in [-0.2, -0.15) is 0 Å². The van der Waals surface area contributed by atoms with Crippen molar-refractivity contribution < 1.29 is 14.0 Å². The average Bonchev–Trinajstić information content (AvgIpc) is 2.49. The second-order valence-corrected chi connectivity index (χ2v) is 4.88. The first-order chi connectivity index (χ1) is 10.5. The van der Waals surface area contributed by atoms with Crippen LogP contribution in [0.4, 0.5) is 15.8 Å². The Hall–Kier alpha value is -2.60. The Morgan fingerprint density at radius 2 is 1.91 bits per heavy atom. The van der Waals surface area contributed by atoms with E-state index in [1.807, 2.05) is 0 Å². The molecule has 5 nitrogen and oxygen atoms in total. The number of hydrogen-bond acceptors (Lipinski definition) is 3. The Labute approximate surface area is 131 Å². The fourth-order valence-electron chi connectivity index (χ4n) is 1.74. The number of nitrogens with two attached hydrogens (primary N) is 1. The molecular formula is C15H13ClFN3O2. The van der Waals surface area contributed by atoms with E-state index in [1.54, 1.807) is 24.3 Å². The highest BCUT2D eigenvalue weighted by atomic mass is 35.5. The first kappa shape index (κ1) is 15.8. The second-order valence-electron chi connectivity index (χ2n) is 4.48. The summed E-state index contributed by atoms with van der Waals surface area (Å²) >= 11 is 5.63. The molecule has 0 radical (unpaired) electrons. The molecule has 2 aromatic rings. The van der Waals surface area contributed by atoms with Crippen LogP contribution in [-0.4, -0.2) is 18.4 Å². The molecule has 0 aliphatic carbocycles. The standard InChI is InChI=1S/C15H13ClFN3O2/c16-12-7-11(4-5-13(12)17)20-14(21)8-19-10-3-1-2-9(6-10)15(18)22/h1-7,19H,8H2,(H2,18,22)(H,20,21). The van der Waals surface area contributed by atoms with Crippen molar-refractivity contribution in [3.8, 4) is 0 Å². The average molecular weight is 322 g/mol. The van der Waals surface area contributed by atoms with Gasteiger partial charge in [-0.1, -0.05) is 17.7 Å². The van der Waals surface area contributed by atoms with Crippen LogP contribution < -0.4 is 16.4 Å². The summed E-state index contributed by atoms with van der Waals surface area (Å²) in [6, 6.07) is 10.4. The van der Waals surface area contributed by atoms with Crippen LogP contribution in [0.25, 0.3) is 0 Å². The van der Waals surface area contributed by atoms with Crippen LogP contribution in [0.15, 0.2) is 42.5 Å². The van der Waals surface area contributed by atoms with Crippen LogP contribution >= 0.6 is 11.6 Å². The van der Waals surface area contributed by atoms with Crippen LogP contribution in [0, 0.1) is 5.82 Å². The maximum Gasteiger partial charge on any atom is 0.248 e. The summed E-state index contributed by atoms with van der Waals surface area (Å²) in [4.78, 5) is 22.9. The highest BCUT2D eigenvalue weighted by molar-refractivity contribution is 6.31. The van der Waals surface area contributed by atoms with Crippen molar-refractivity contribution in [2.24, 2.45) is 5.73 Å². The Balaban J connectivity index is 1.94. The molecule has 0 saturated carbocycles. The zero-order valence-corrected chi connectivity index (χ0v) is 12.2. The third kappa shape index (κ3) is 4.20. The molecule has 2 aromatic carbocycles. The van der Waals surface area contributed by atoms with Crippen LogP contribution in [0.3, 0.4) is 0 Å². The number of nitrogens with one attached hydrogen (secondary N) is 2. The Morgan fingerprint density at radius 1 is 1.14 bits per heavy atom. The third-order valence-electron chi connectivity index (χ3n) is 2.80. The predicted molar refractivity (Wildman–Crippen MR) is 83.5 cm³/mol. The third-order valence-corrected chi connectivity index (χ3v) is 3.09. The molecule has 0 unspecified atom stereocenters. The van der Waals surface area contributed by atoms with E-state index in [1.165, 1.54) is 18.2 Å². The molecule has 7 heteroatoms. The van der Waals surface area contributed by atoms with E-state index in [-0.39, 0.29) is 17.5 Å². The van der Waals surface area contributed by atoms with E-state index in [0.29, 0.717) is 16.9 Å². The Morgan fingerprint density at radius 3 is 2.59 bits per heavy atom. The molecule has 22 heavy (non-hydrogen) atoms. The van der Waals surface area contributed by atoms with Crippen LogP contribution in [0.2, 0.25) is 5.02 Å². The number of carbonyl (C=O) groups excluding carboxylic acids is 2. The molecule has 0 saturated heterocycles. The largest absolute Gasteiger partial charge is 0.376 e. The van der Waals surface area contributed by atoms with Gasteiger partial charge in [0.1, 0.15) is 5.82 Å². The SMILES string of the molecule is NC(=O)c1cccc(NCC(=O)Nc2ccc(F)c(Cl)c2)c1. The van der Waals surface area contributed by atoms with E-state index in [4.69, 9.17) is 17.3 Å². The van der Waals surface area contributed by atoms with Crippen LogP contribution in [0.1, 0.15) is 10.4 Å². The van der Waals surface area contributed by atoms with Gasteiger partial charge >= 0.3 is 0 Å². The van der Waals surface area contributed by atoms with Gasteiger partial charge in [0.2, 0.25) is 11.8 Å². The Kier molecular flexibility index (Phi) is 4.95. The van der Waals surface area contributed by atoms with Gasteiger partial charge in [0.25, 0.3) is 0 Å². The van der Waals surface area contributed by atoms with Crippen molar-refractivity contribution in [3.05, 3.63) is 58.9 Å². The van der Waals surface area contributed by atoms with Gasteiger partial charge in [-0.05, 0) is 36.4 Å². The van der Waals surface area contributed by atoms with Crippen LogP contribution in [0.5, 0.6) is 0 Å². The lowest BCUT2D eigenvalue weighted by Gasteiger charge is -2.09. The Bertz CT molecular complexity index is 722. The van der Waals surface area contributed by atoms with E-state index in [9.17, 15) is 14.0 Å². The van der Waals surface area contributed by atoms with Crippen molar-refractivity contribution in [2.45, 2.75) is 0 Å². The number of benzene rings is 2. The fraction of sp³-hybridized carbons (Fsp3) is 0.0667. The lowest BCUT2D eigenvalue weighted by molar-refractivity contribution is -0.114. The minimum absolute atomic E-state index is 0.0305. The van der Waals surface area contributed by atoms with E-state index in [2.05, 4.69) is 10.6 Å². The van der Waals surface area contributed by atoms with E-state index in [0.717, 1.165) is 0 Å². The first-order valence-corrected chi connectivity index (χ1v) is 6.72. The molecule has 0 aromatic heterocycles. The zero-order valence-electron chi connectivity index (χ0n) is 11.4. The minimum atomic E-state index is -0.555. The van der Waals surface area contributed by atoms with Crippen molar-refractivity contribution in [1.82, 2.24) is 0 Å². The molecular weight excluding hydrogens is 309 g/mol. The van der Waals surface area contributed by atoms with Crippen molar-refractivity contribution in [3.63, 3.8) is 0 Å². The van der Waals surface area contributed by atoms with Crippen molar-refractivity contribution in [2.75, 3.05) is 17.2 Å². The lowest BCUT2D eigenvalue weighted by atomic mass is 10.2. The number of carbonyl (C=O) groups is 2. The molecule has 2 amide bonds. The number of amides is 2. The van der Waals surface area contributed by atoms with Gasteiger partial charge in [-0.25, -0.2) is 4.39 Å². The maximum atomic E-state index is 13.0. The summed E-state index contributed by atoms with van der Waals surface area (Å²) in [6.07, 6.45) is 0. The van der Waals surface area contributed by atoms with Gasteiger partial charge < -0.3 is 16.4 Å². The summed E-state index contributed by atoms with van der Waals surface area (Å²) in [6.45, 7) is -0.0305. The van der Waals surface area contributed by atoms with Gasteiger partial charge in [0.05, 0.1) is 11.6 Å². The predicted octanol–water partition coefficient (Wildman–Crippen LogP) is 2.63. The van der Waals surface area contributed by atoms with Gasteiger partial charge in [0, 0.05) is 16.9 Å². The monoisotopic (exact) mass is 321 g/mol. The zero-order chi connectivity index (χ0) is 16.1. The maximum absolute atomic E-state index is 13.0. The summed E-state index contributed by atoms with van der Waals surface area (Å²) in [7, 11) is 0. The number of anilines is 2. The van der Waals surface area contributed by atoms with Crippen molar-refractivity contribution in [1.29, 1.82) is 0 Å². The molecule has 114 valence electrons. The molecule has 0 bridgehead atoms. The van der Waals surface area contributed by atoms with Gasteiger partial charge in [-0.15, -0.1) is 0 Å². The number of rotatable bonds is 5. The highest BCUT2D eigenvalue weighted by Crippen LogP contribution is 2.19. The molecule has 0 atom stereocenters. The normalized spacial score (nSPS) is 10.1. The number of primary amides is 1. The molecule has 0 aliphatic heterocycles. The molecule has 0 spiro atoms. The summed E-state index contributed by atoms with van der Waals surface area (Å²) in [5.74, 6) is -1.44. The first-order valence-electron chi connectivity index (χ1n) is 6.34. The van der Waals surface area contributed by atoms with Crippen molar-refractivity contribution >= 4 is 34.8 Å². The molecule has 2 rings (SSSR count). The summed E-state index contributed by atoms with van der Waals surface area (Å²) in [5.41, 5.74) is 6.50.